The van der Waals surface area contributed by atoms with Crippen LogP contribution in [0.3, 0.4) is 0 Å². The van der Waals surface area contributed by atoms with Gasteiger partial charge in [-0.3, -0.25) is 9.69 Å². The molecule has 2 aromatic rings. The summed E-state index contributed by atoms with van der Waals surface area (Å²) in [7, 11) is 0. The molecule has 3 rings (SSSR count). The molecular weight excluding hydrogens is 286 g/mol. The molecule has 0 saturated heterocycles. The maximum absolute atomic E-state index is 12.3. The fourth-order valence-electron chi connectivity index (χ4n) is 3.16. The standard InChI is InChI=1S/C19H25N3O/c1-3-5-18-20-17-10-11-22(13-16(17)19(23)21-18)12-15-8-6-14(4-2)7-9-15/h6-9H,3-5,10-13H2,1-2H3,(H,20,21,23). The van der Waals surface area contributed by atoms with Gasteiger partial charge in [0, 0.05) is 32.5 Å². The highest BCUT2D eigenvalue weighted by Gasteiger charge is 2.21. The van der Waals surface area contributed by atoms with Crippen LogP contribution >= 0.6 is 0 Å². The van der Waals surface area contributed by atoms with E-state index in [4.69, 9.17) is 0 Å². The van der Waals surface area contributed by atoms with Crippen LogP contribution in [0, 0.1) is 0 Å². The Morgan fingerprint density at radius 3 is 2.61 bits per heavy atom. The Kier molecular flexibility index (Phi) is 4.91. The lowest BCUT2D eigenvalue weighted by atomic mass is 10.0. The number of benzene rings is 1. The van der Waals surface area contributed by atoms with Gasteiger partial charge >= 0.3 is 0 Å². The van der Waals surface area contributed by atoms with Crippen LogP contribution in [0.15, 0.2) is 29.1 Å². The Labute approximate surface area is 137 Å². The highest BCUT2D eigenvalue weighted by Crippen LogP contribution is 2.17. The van der Waals surface area contributed by atoms with E-state index in [1.54, 1.807) is 0 Å². The van der Waals surface area contributed by atoms with Crippen molar-refractivity contribution < 1.29 is 0 Å². The van der Waals surface area contributed by atoms with E-state index in [0.717, 1.165) is 55.9 Å². The first-order valence-corrected chi connectivity index (χ1v) is 8.60. The summed E-state index contributed by atoms with van der Waals surface area (Å²) in [6.45, 7) is 6.82. The molecule has 122 valence electrons. The summed E-state index contributed by atoms with van der Waals surface area (Å²) in [5.74, 6) is 0.833. The zero-order valence-electron chi connectivity index (χ0n) is 14.1. The van der Waals surface area contributed by atoms with Crippen molar-refractivity contribution in [2.75, 3.05) is 6.54 Å². The van der Waals surface area contributed by atoms with Crippen LogP contribution in [0.4, 0.5) is 0 Å². The molecule has 4 nitrogen and oxygen atoms in total. The molecule has 23 heavy (non-hydrogen) atoms. The minimum absolute atomic E-state index is 0.0458. The van der Waals surface area contributed by atoms with E-state index >= 15 is 0 Å². The van der Waals surface area contributed by atoms with Crippen molar-refractivity contribution in [2.45, 2.75) is 52.6 Å². The molecule has 0 bridgehead atoms. The van der Waals surface area contributed by atoms with Gasteiger partial charge < -0.3 is 4.98 Å². The average Bonchev–Trinajstić information content (AvgIpc) is 2.56. The summed E-state index contributed by atoms with van der Waals surface area (Å²) in [4.78, 5) is 22.2. The van der Waals surface area contributed by atoms with Crippen molar-refractivity contribution in [2.24, 2.45) is 0 Å². The molecule has 0 atom stereocenters. The number of aromatic amines is 1. The maximum Gasteiger partial charge on any atom is 0.255 e. The molecule has 4 heteroatoms. The molecule has 0 aliphatic carbocycles. The van der Waals surface area contributed by atoms with Crippen LogP contribution in [-0.2, 0) is 32.4 Å². The smallest absolute Gasteiger partial charge is 0.255 e. The quantitative estimate of drug-likeness (QED) is 0.924. The molecule has 0 radical (unpaired) electrons. The summed E-state index contributed by atoms with van der Waals surface area (Å²) in [5, 5.41) is 0. The third-order valence-electron chi connectivity index (χ3n) is 4.52. The molecule has 1 aliphatic heterocycles. The molecular formula is C19H25N3O. The highest BCUT2D eigenvalue weighted by molar-refractivity contribution is 5.24. The molecule has 0 saturated carbocycles. The molecule has 0 unspecified atom stereocenters. The molecule has 0 amide bonds. The predicted molar refractivity (Wildman–Crippen MR) is 92.5 cm³/mol. The Bertz CT molecular complexity index is 718. The Hall–Kier alpha value is -1.94. The van der Waals surface area contributed by atoms with Gasteiger partial charge in [0.2, 0.25) is 0 Å². The monoisotopic (exact) mass is 311 g/mol. The highest BCUT2D eigenvalue weighted by atomic mass is 16.1. The SMILES string of the molecule is CCCc1nc2c(c(=O)[nH]1)CN(Cc1ccc(CC)cc1)CC2. The molecule has 1 aromatic heterocycles. The Balaban J connectivity index is 1.73. The number of nitrogens with zero attached hydrogens (tertiary/aromatic N) is 2. The number of nitrogens with one attached hydrogen (secondary N) is 1. The third-order valence-corrected chi connectivity index (χ3v) is 4.52. The summed E-state index contributed by atoms with van der Waals surface area (Å²) < 4.78 is 0. The summed E-state index contributed by atoms with van der Waals surface area (Å²) in [5.41, 5.74) is 4.56. The lowest BCUT2D eigenvalue weighted by Gasteiger charge is -2.27. The van der Waals surface area contributed by atoms with Crippen molar-refractivity contribution in [3.63, 3.8) is 0 Å². The minimum atomic E-state index is 0.0458. The van der Waals surface area contributed by atoms with E-state index in [2.05, 4.69) is 53.0 Å². The zero-order chi connectivity index (χ0) is 16.2. The van der Waals surface area contributed by atoms with E-state index in [1.165, 1.54) is 11.1 Å². The largest absolute Gasteiger partial charge is 0.310 e. The van der Waals surface area contributed by atoms with E-state index in [0.29, 0.717) is 6.54 Å². The summed E-state index contributed by atoms with van der Waals surface area (Å²) in [6, 6.07) is 8.78. The maximum atomic E-state index is 12.3. The first-order valence-electron chi connectivity index (χ1n) is 8.60. The van der Waals surface area contributed by atoms with Gasteiger partial charge in [-0.15, -0.1) is 0 Å². The number of rotatable bonds is 5. The first kappa shape index (κ1) is 15.9. The van der Waals surface area contributed by atoms with Crippen LogP contribution in [-0.4, -0.2) is 21.4 Å². The topological polar surface area (TPSA) is 49.0 Å². The van der Waals surface area contributed by atoms with E-state index in [9.17, 15) is 4.79 Å². The van der Waals surface area contributed by atoms with Crippen molar-refractivity contribution in [3.8, 4) is 0 Å². The van der Waals surface area contributed by atoms with Gasteiger partial charge in [-0.1, -0.05) is 38.1 Å². The zero-order valence-corrected chi connectivity index (χ0v) is 14.1. The molecule has 2 heterocycles. The van der Waals surface area contributed by atoms with Gasteiger partial charge in [0.05, 0.1) is 11.3 Å². The second kappa shape index (κ2) is 7.09. The van der Waals surface area contributed by atoms with E-state index in [-0.39, 0.29) is 5.56 Å². The second-order valence-corrected chi connectivity index (χ2v) is 6.32. The van der Waals surface area contributed by atoms with Gasteiger partial charge in [-0.05, 0) is 24.0 Å². The predicted octanol–water partition coefficient (Wildman–Crippen LogP) is 2.84. The average molecular weight is 311 g/mol. The number of H-pyrrole nitrogens is 1. The van der Waals surface area contributed by atoms with Gasteiger partial charge in [0.15, 0.2) is 0 Å². The van der Waals surface area contributed by atoms with Gasteiger partial charge in [-0.25, -0.2) is 4.98 Å². The Morgan fingerprint density at radius 1 is 1.17 bits per heavy atom. The van der Waals surface area contributed by atoms with E-state index in [1.807, 2.05) is 0 Å². The van der Waals surface area contributed by atoms with Crippen LogP contribution in [0.5, 0.6) is 0 Å². The van der Waals surface area contributed by atoms with Gasteiger partial charge in [0.25, 0.3) is 5.56 Å². The summed E-state index contributed by atoms with van der Waals surface area (Å²) in [6.07, 6.45) is 3.78. The molecule has 0 spiro atoms. The van der Waals surface area contributed by atoms with Crippen LogP contribution in [0.1, 0.15) is 48.5 Å². The van der Waals surface area contributed by atoms with Crippen molar-refractivity contribution in [1.29, 1.82) is 0 Å². The lowest BCUT2D eigenvalue weighted by molar-refractivity contribution is 0.241. The molecule has 0 fully saturated rings. The van der Waals surface area contributed by atoms with Crippen LogP contribution in [0.25, 0.3) is 0 Å². The summed E-state index contributed by atoms with van der Waals surface area (Å²) >= 11 is 0. The van der Waals surface area contributed by atoms with Crippen molar-refractivity contribution in [1.82, 2.24) is 14.9 Å². The molecule has 1 N–H and O–H groups in total. The van der Waals surface area contributed by atoms with E-state index < -0.39 is 0 Å². The van der Waals surface area contributed by atoms with Crippen LogP contribution in [0.2, 0.25) is 0 Å². The molecule has 1 aliphatic rings. The fourth-order valence-corrected chi connectivity index (χ4v) is 3.16. The van der Waals surface area contributed by atoms with Gasteiger partial charge in [-0.2, -0.15) is 0 Å². The minimum Gasteiger partial charge on any atom is -0.310 e. The van der Waals surface area contributed by atoms with Crippen molar-refractivity contribution >= 4 is 0 Å². The molecule has 1 aromatic carbocycles. The van der Waals surface area contributed by atoms with Gasteiger partial charge in [0.1, 0.15) is 5.82 Å². The van der Waals surface area contributed by atoms with Crippen LogP contribution < -0.4 is 5.56 Å². The number of aryl methyl sites for hydroxylation is 2. The number of hydrogen-bond acceptors (Lipinski definition) is 3. The third kappa shape index (κ3) is 3.70. The number of fused-ring (bicyclic) bond motifs is 1. The Morgan fingerprint density at radius 2 is 1.91 bits per heavy atom. The number of aromatic nitrogens is 2. The van der Waals surface area contributed by atoms with Crippen molar-refractivity contribution in [3.05, 3.63) is 62.8 Å². The number of hydrogen-bond donors (Lipinski definition) is 1. The lowest BCUT2D eigenvalue weighted by Crippen LogP contribution is -2.35. The normalized spacial score (nSPS) is 14.7. The second-order valence-electron chi connectivity index (χ2n) is 6.32. The first-order chi connectivity index (χ1) is 11.2. The fraction of sp³-hybridized carbons (Fsp3) is 0.474.